The minimum Gasteiger partial charge on any atom is -0.313 e. The van der Waals surface area contributed by atoms with Crippen LogP contribution in [0.25, 0.3) is 0 Å². The fourth-order valence-corrected chi connectivity index (χ4v) is 2.83. The van der Waals surface area contributed by atoms with Crippen molar-refractivity contribution in [1.82, 2.24) is 10.2 Å². The van der Waals surface area contributed by atoms with Crippen LogP contribution in [0, 0.1) is 6.92 Å². The molecule has 0 aliphatic carbocycles. The Morgan fingerprint density at radius 2 is 2.28 bits per heavy atom. The molecule has 1 aromatic carbocycles. The summed E-state index contributed by atoms with van der Waals surface area (Å²) in [6.45, 7) is 9.15. The quantitative estimate of drug-likeness (QED) is 0.878. The molecular formula is C16H26N2. The molecule has 0 bridgehead atoms. The molecular weight excluding hydrogens is 220 g/mol. The summed E-state index contributed by atoms with van der Waals surface area (Å²) in [6, 6.07) is 9.59. The third kappa shape index (κ3) is 4.11. The van der Waals surface area contributed by atoms with Gasteiger partial charge < -0.3 is 5.32 Å². The van der Waals surface area contributed by atoms with E-state index in [2.05, 4.69) is 48.3 Å². The van der Waals surface area contributed by atoms with E-state index >= 15 is 0 Å². The molecule has 1 atom stereocenters. The van der Waals surface area contributed by atoms with Gasteiger partial charge in [-0.05, 0) is 38.4 Å². The van der Waals surface area contributed by atoms with Crippen LogP contribution in [0.4, 0.5) is 0 Å². The Labute approximate surface area is 111 Å². The lowest BCUT2D eigenvalue weighted by molar-refractivity contribution is 0.255. The first-order valence-electron chi connectivity index (χ1n) is 7.29. The van der Waals surface area contributed by atoms with Gasteiger partial charge in [-0.15, -0.1) is 0 Å². The average Bonchev–Trinajstić information content (AvgIpc) is 2.55. The topological polar surface area (TPSA) is 15.3 Å². The number of rotatable bonds is 4. The molecule has 1 fully saturated rings. The van der Waals surface area contributed by atoms with E-state index in [-0.39, 0.29) is 0 Å². The maximum Gasteiger partial charge on any atom is 0.0234 e. The molecule has 0 aromatic heterocycles. The van der Waals surface area contributed by atoms with Crippen LogP contribution in [0.5, 0.6) is 0 Å². The van der Waals surface area contributed by atoms with Crippen molar-refractivity contribution in [3.05, 3.63) is 35.4 Å². The van der Waals surface area contributed by atoms with Gasteiger partial charge in [0.05, 0.1) is 0 Å². The first-order chi connectivity index (χ1) is 8.78. The van der Waals surface area contributed by atoms with Crippen molar-refractivity contribution in [3.63, 3.8) is 0 Å². The number of nitrogens with zero attached hydrogens (tertiary/aromatic N) is 1. The highest BCUT2D eigenvalue weighted by atomic mass is 15.2. The zero-order valence-corrected chi connectivity index (χ0v) is 11.8. The van der Waals surface area contributed by atoms with Crippen molar-refractivity contribution < 1.29 is 0 Å². The first-order valence-corrected chi connectivity index (χ1v) is 7.29. The minimum absolute atomic E-state index is 0.683. The molecule has 2 heteroatoms. The maximum absolute atomic E-state index is 3.67. The van der Waals surface area contributed by atoms with Gasteiger partial charge in [-0.2, -0.15) is 0 Å². The van der Waals surface area contributed by atoms with Crippen LogP contribution in [0.1, 0.15) is 37.3 Å². The predicted molar refractivity (Wildman–Crippen MR) is 77.8 cm³/mol. The van der Waals surface area contributed by atoms with Crippen molar-refractivity contribution in [3.8, 4) is 0 Å². The minimum atomic E-state index is 0.683. The molecule has 1 heterocycles. The lowest BCUT2D eigenvalue weighted by Crippen LogP contribution is -2.37. The molecule has 18 heavy (non-hydrogen) atoms. The highest BCUT2D eigenvalue weighted by Gasteiger charge is 2.16. The van der Waals surface area contributed by atoms with Crippen LogP contribution in [-0.4, -0.2) is 30.6 Å². The van der Waals surface area contributed by atoms with Crippen molar-refractivity contribution in [2.45, 2.75) is 45.7 Å². The largest absolute Gasteiger partial charge is 0.313 e. The fourth-order valence-electron chi connectivity index (χ4n) is 2.83. The number of hydrogen-bond donors (Lipinski definition) is 1. The van der Waals surface area contributed by atoms with Crippen LogP contribution in [0.3, 0.4) is 0 Å². The van der Waals surface area contributed by atoms with E-state index in [1.165, 1.54) is 50.0 Å². The smallest absolute Gasteiger partial charge is 0.0234 e. The van der Waals surface area contributed by atoms with Crippen molar-refractivity contribution in [2.75, 3.05) is 19.6 Å². The van der Waals surface area contributed by atoms with Gasteiger partial charge in [0, 0.05) is 19.1 Å². The number of aryl methyl sites for hydroxylation is 1. The molecule has 0 radical (unpaired) electrons. The van der Waals surface area contributed by atoms with E-state index in [9.17, 15) is 0 Å². The van der Waals surface area contributed by atoms with Crippen molar-refractivity contribution in [1.29, 1.82) is 0 Å². The third-order valence-corrected chi connectivity index (χ3v) is 3.69. The van der Waals surface area contributed by atoms with E-state index in [1.54, 1.807) is 0 Å². The highest BCUT2D eigenvalue weighted by Crippen LogP contribution is 2.11. The molecule has 1 aliphatic rings. The van der Waals surface area contributed by atoms with Crippen LogP contribution >= 0.6 is 0 Å². The number of hydrogen-bond acceptors (Lipinski definition) is 2. The Bertz CT molecular complexity index is 362. The molecule has 0 saturated carbocycles. The summed E-state index contributed by atoms with van der Waals surface area (Å²) in [5.74, 6) is 0. The Hall–Kier alpha value is -0.860. The van der Waals surface area contributed by atoms with Gasteiger partial charge in [0.15, 0.2) is 0 Å². The Balaban J connectivity index is 1.94. The summed E-state index contributed by atoms with van der Waals surface area (Å²) in [6.07, 6.45) is 3.84. The van der Waals surface area contributed by atoms with Gasteiger partial charge in [-0.25, -0.2) is 0 Å². The second-order valence-electron chi connectivity index (χ2n) is 5.52. The van der Waals surface area contributed by atoms with Gasteiger partial charge in [0.1, 0.15) is 0 Å². The monoisotopic (exact) mass is 246 g/mol. The van der Waals surface area contributed by atoms with E-state index < -0.39 is 0 Å². The van der Waals surface area contributed by atoms with Gasteiger partial charge >= 0.3 is 0 Å². The van der Waals surface area contributed by atoms with Crippen LogP contribution in [0.2, 0.25) is 0 Å². The lowest BCUT2D eigenvalue weighted by Gasteiger charge is -2.24. The molecule has 0 spiro atoms. The highest BCUT2D eigenvalue weighted by molar-refractivity contribution is 5.22. The van der Waals surface area contributed by atoms with E-state index in [1.807, 2.05) is 0 Å². The van der Waals surface area contributed by atoms with Gasteiger partial charge in [0.2, 0.25) is 0 Å². The van der Waals surface area contributed by atoms with Crippen molar-refractivity contribution >= 4 is 0 Å². The summed E-state index contributed by atoms with van der Waals surface area (Å²) in [5, 5.41) is 3.67. The SMILES string of the molecule is CCCC1CN(Cc2cccc(C)c2)CCCN1. The summed E-state index contributed by atoms with van der Waals surface area (Å²) in [4.78, 5) is 2.61. The summed E-state index contributed by atoms with van der Waals surface area (Å²) < 4.78 is 0. The van der Waals surface area contributed by atoms with Gasteiger partial charge in [-0.3, -0.25) is 4.90 Å². The molecule has 2 nitrogen and oxygen atoms in total. The molecule has 1 aliphatic heterocycles. The Kier molecular flexibility index (Phi) is 5.21. The summed E-state index contributed by atoms with van der Waals surface area (Å²) in [5.41, 5.74) is 2.82. The second kappa shape index (κ2) is 6.91. The molecule has 0 amide bonds. The Morgan fingerprint density at radius 1 is 1.39 bits per heavy atom. The number of benzene rings is 1. The molecule has 1 unspecified atom stereocenters. The standard InChI is InChI=1S/C16H26N2/c1-3-6-16-13-18(10-5-9-17-16)12-15-8-4-7-14(2)11-15/h4,7-8,11,16-17H,3,5-6,9-10,12-13H2,1-2H3. The predicted octanol–water partition coefficient (Wildman–Crippen LogP) is 2.96. The van der Waals surface area contributed by atoms with Crippen LogP contribution in [-0.2, 0) is 6.54 Å². The molecule has 1 saturated heterocycles. The van der Waals surface area contributed by atoms with Crippen LogP contribution < -0.4 is 5.32 Å². The maximum atomic E-state index is 3.67. The molecule has 1 aromatic rings. The third-order valence-electron chi connectivity index (χ3n) is 3.69. The summed E-state index contributed by atoms with van der Waals surface area (Å²) in [7, 11) is 0. The molecule has 2 rings (SSSR count). The normalized spacial score (nSPS) is 21.8. The zero-order valence-electron chi connectivity index (χ0n) is 11.8. The molecule has 1 N–H and O–H groups in total. The van der Waals surface area contributed by atoms with E-state index in [0.717, 1.165) is 6.54 Å². The van der Waals surface area contributed by atoms with Gasteiger partial charge in [-0.1, -0.05) is 43.2 Å². The number of nitrogens with one attached hydrogen (secondary N) is 1. The first kappa shape index (κ1) is 13.6. The second-order valence-corrected chi connectivity index (χ2v) is 5.52. The van der Waals surface area contributed by atoms with Crippen molar-refractivity contribution in [2.24, 2.45) is 0 Å². The van der Waals surface area contributed by atoms with Crippen LogP contribution in [0.15, 0.2) is 24.3 Å². The van der Waals surface area contributed by atoms with Gasteiger partial charge in [0.25, 0.3) is 0 Å². The van der Waals surface area contributed by atoms with E-state index in [0.29, 0.717) is 6.04 Å². The molecule has 100 valence electrons. The zero-order chi connectivity index (χ0) is 12.8. The Morgan fingerprint density at radius 3 is 3.06 bits per heavy atom. The van der Waals surface area contributed by atoms with E-state index in [4.69, 9.17) is 0 Å². The fraction of sp³-hybridized carbons (Fsp3) is 0.625. The average molecular weight is 246 g/mol. The summed E-state index contributed by atoms with van der Waals surface area (Å²) >= 11 is 0. The lowest BCUT2D eigenvalue weighted by atomic mass is 10.1.